The maximum Gasteiger partial charge on any atom is 0.328 e. The SMILES string of the molecule is Cc1cccc(N2CCN(C(=O)COc3ccc4cccc(N5CCN(C)CC5)c4c3)CC2)c1C.O=C(O)/C=C/C(=O)O. The number of carboxylic acids is 2. The van der Waals surface area contributed by atoms with E-state index in [-0.39, 0.29) is 12.5 Å². The van der Waals surface area contributed by atoms with Gasteiger partial charge in [-0.05, 0) is 61.7 Å². The zero-order valence-corrected chi connectivity index (χ0v) is 25.0. The average Bonchev–Trinajstić information content (AvgIpc) is 3.00. The first kappa shape index (κ1) is 31.4. The Morgan fingerprint density at radius 1 is 0.767 bits per heavy atom. The highest BCUT2D eigenvalue weighted by atomic mass is 16.5. The monoisotopic (exact) mass is 588 g/mol. The van der Waals surface area contributed by atoms with Crippen LogP contribution in [0.3, 0.4) is 0 Å². The fourth-order valence-electron chi connectivity index (χ4n) is 5.30. The molecule has 0 saturated carbocycles. The van der Waals surface area contributed by atoms with E-state index >= 15 is 0 Å². The van der Waals surface area contributed by atoms with E-state index in [1.165, 1.54) is 33.3 Å². The number of aryl methyl sites for hydroxylation is 1. The third-order valence-corrected chi connectivity index (χ3v) is 7.95. The third kappa shape index (κ3) is 8.48. The number of hydrogen-bond acceptors (Lipinski definition) is 7. The lowest BCUT2D eigenvalue weighted by Gasteiger charge is -2.37. The summed E-state index contributed by atoms with van der Waals surface area (Å²) in [5, 5.41) is 18.0. The fourth-order valence-corrected chi connectivity index (χ4v) is 5.30. The van der Waals surface area contributed by atoms with Crippen LogP contribution in [-0.4, -0.2) is 104 Å². The Labute approximate surface area is 252 Å². The van der Waals surface area contributed by atoms with Crippen LogP contribution in [0.1, 0.15) is 11.1 Å². The maximum absolute atomic E-state index is 12.9. The summed E-state index contributed by atoms with van der Waals surface area (Å²) < 4.78 is 6.00. The van der Waals surface area contributed by atoms with Crippen LogP contribution < -0.4 is 14.5 Å². The van der Waals surface area contributed by atoms with Crippen molar-refractivity contribution in [3.8, 4) is 5.75 Å². The number of rotatable bonds is 7. The Kier molecular flexibility index (Phi) is 10.6. The number of aliphatic carboxylic acids is 2. The number of carbonyl (C=O) groups is 3. The molecule has 10 nitrogen and oxygen atoms in total. The van der Waals surface area contributed by atoms with Crippen LogP contribution >= 0.6 is 0 Å². The second-order valence-electron chi connectivity index (χ2n) is 10.8. The molecule has 2 N–H and O–H groups in total. The molecule has 43 heavy (non-hydrogen) atoms. The summed E-state index contributed by atoms with van der Waals surface area (Å²) in [6, 6.07) is 19.1. The van der Waals surface area contributed by atoms with E-state index in [4.69, 9.17) is 14.9 Å². The van der Waals surface area contributed by atoms with Gasteiger partial charge in [0.1, 0.15) is 5.75 Å². The molecule has 0 aliphatic carbocycles. The van der Waals surface area contributed by atoms with E-state index in [1.54, 1.807) is 0 Å². The van der Waals surface area contributed by atoms with Crippen molar-refractivity contribution in [3.63, 3.8) is 0 Å². The molecule has 2 saturated heterocycles. The molecule has 10 heteroatoms. The minimum atomic E-state index is -1.26. The van der Waals surface area contributed by atoms with E-state index in [9.17, 15) is 14.4 Å². The molecule has 228 valence electrons. The summed E-state index contributed by atoms with van der Waals surface area (Å²) >= 11 is 0. The van der Waals surface area contributed by atoms with E-state index in [0.29, 0.717) is 12.2 Å². The van der Waals surface area contributed by atoms with Gasteiger partial charge >= 0.3 is 11.9 Å². The number of likely N-dealkylation sites (N-methyl/N-ethyl adjacent to an activating group) is 1. The van der Waals surface area contributed by atoms with Crippen molar-refractivity contribution in [1.29, 1.82) is 0 Å². The van der Waals surface area contributed by atoms with Crippen molar-refractivity contribution in [2.45, 2.75) is 13.8 Å². The minimum Gasteiger partial charge on any atom is -0.484 e. The first-order chi connectivity index (χ1) is 20.6. The first-order valence-corrected chi connectivity index (χ1v) is 14.4. The molecule has 3 aromatic rings. The fraction of sp³-hybridized carbons (Fsp3) is 0.364. The zero-order chi connectivity index (χ0) is 30.9. The molecular formula is C33H40N4O6. The Morgan fingerprint density at radius 2 is 1.35 bits per heavy atom. The standard InChI is InChI=1S/C29H36N4O2.C4H4O4/c1-22-6-4-8-27(23(22)2)31-16-18-33(19-17-31)29(34)21-35-25-11-10-24-7-5-9-28(26(24)20-25)32-14-12-30(3)13-15-32;5-3(6)1-2-4(7)8/h4-11,20H,12-19,21H2,1-3H3;1-2H,(H,5,6)(H,7,8)/b;2-1+. The second-order valence-corrected chi connectivity index (χ2v) is 10.8. The first-order valence-electron chi connectivity index (χ1n) is 14.4. The Morgan fingerprint density at radius 3 is 2.00 bits per heavy atom. The van der Waals surface area contributed by atoms with Crippen LogP contribution in [-0.2, 0) is 14.4 Å². The molecule has 2 aliphatic rings. The molecule has 5 rings (SSSR count). The molecule has 1 amide bonds. The molecule has 2 aliphatic heterocycles. The van der Waals surface area contributed by atoms with Crippen molar-refractivity contribution in [2.75, 3.05) is 75.8 Å². The summed E-state index contributed by atoms with van der Waals surface area (Å²) in [4.78, 5) is 41.2. The topological polar surface area (TPSA) is 114 Å². The van der Waals surface area contributed by atoms with Crippen molar-refractivity contribution in [3.05, 3.63) is 77.9 Å². The number of benzene rings is 3. The van der Waals surface area contributed by atoms with Crippen LogP contribution in [0.4, 0.5) is 11.4 Å². The predicted octanol–water partition coefficient (Wildman–Crippen LogP) is 3.65. The lowest BCUT2D eigenvalue weighted by molar-refractivity contribution is -0.134. The number of nitrogens with zero attached hydrogens (tertiary/aromatic N) is 4. The molecule has 0 radical (unpaired) electrons. The quantitative estimate of drug-likeness (QED) is 0.399. The normalized spacial score (nSPS) is 15.7. The van der Waals surface area contributed by atoms with Gasteiger partial charge < -0.3 is 34.5 Å². The Bertz CT molecular complexity index is 1460. The number of anilines is 2. The van der Waals surface area contributed by atoms with Gasteiger partial charge in [0, 0.05) is 81.3 Å². The highest BCUT2D eigenvalue weighted by Gasteiger charge is 2.23. The van der Waals surface area contributed by atoms with Gasteiger partial charge in [0.05, 0.1) is 0 Å². The molecule has 0 spiro atoms. The summed E-state index contributed by atoms with van der Waals surface area (Å²) in [5.74, 6) is -1.71. The van der Waals surface area contributed by atoms with Crippen LogP contribution in [0.2, 0.25) is 0 Å². The number of fused-ring (bicyclic) bond motifs is 1. The van der Waals surface area contributed by atoms with E-state index in [2.05, 4.69) is 84.1 Å². The van der Waals surface area contributed by atoms with Crippen LogP contribution in [0.15, 0.2) is 66.7 Å². The minimum absolute atomic E-state index is 0.0538. The summed E-state index contributed by atoms with van der Waals surface area (Å²) in [5.41, 5.74) is 5.15. The highest BCUT2D eigenvalue weighted by molar-refractivity contribution is 5.95. The maximum atomic E-state index is 12.9. The van der Waals surface area contributed by atoms with E-state index in [0.717, 1.165) is 58.1 Å². The molecule has 2 fully saturated rings. The molecule has 3 aromatic carbocycles. The third-order valence-electron chi connectivity index (χ3n) is 7.95. The van der Waals surface area contributed by atoms with Gasteiger partial charge in [-0.15, -0.1) is 0 Å². The van der Waals surface area contributed by atoms with Gasteiger partial charge in [-0.25, -0.2) is 9.59 Å². The lowest BCUT2D eigenvalue weighted by Crippen LogP contribution is -2.50. The molecule has 0 atom stereocenters. The van der Waals surface area contributed by atoms with Crippen molar-refractivity contribution >= 4 is 40.0 Å². The zero-order valence-electron chi connectivity index (χ0n) is 25.0. The van der Waals surface area contributed by atoms with Gasteiger partial charge in [0.25, 0.3) is 5.91 Å². The molecule has 0 unspecified atom stereocenters. The molecule has 0 aromatic heterocycles. The van der Waals surface area contributed by atoms with E-state index in [1.807, 2.05) is 11.0 Å². The van der Waals surface area contributed by atoms with Gasteiger partial charge in [-0.1, -0.05) is 30.3 Å². The number of amides is 1. The lowest BCUT2D eigenvalue weighted by atomic mass is 10.1. The van der Waals surface area contributed by atoms with Crippen LogP contribution in [0.5, 0.6) is 5.75 Å². The van der Waals surface area contributed by atoms with Gasteiger partial charge in [0.15, 0.2) is 6.61 Å². The summed E-state index contributed by atoms with van der Waals surface area (Å²) in [6.07, 6.45) is 1.12. The molecule has 2 heterocycles. The number of hydrogen-bond donors (Lipinski definition) is 2. The van der Waals surface area contributed by atoms with E-state index < -0.39 is 11.9 Å². The van der Waals surface area contributed by atoms with Crippen LogP contribution in [0, 0.1) is 13.8 Å². The average molecular weight is 589 g/mol. The van der Waals surface area contributed by atoms with Gasteiger partial charge in [-0.2, -0.15) is 0 Å². The van der Waals surface area contributed by atoms with Gasteiger partial charge in [0.2, 0.25) is 0 Å². The largest absolute Gasteiger partial charge is 0.484 e. The summed E-state index contributed by atoms with van der Waals surface area (Å²) in [6.45, 7) is 11.7. The van der Waals surface area contributed by atoms with Crippen LogP contribution in [0.25, 0.3) is 10.8 Å². The second kappa shape index (κ2) is 14.6. The predicted molar refractivity (Wildman–Crippen MR) is 168 cm³/mol. The number of piperazine rings is 2. The Balaban J connectivity index is 0.000000467. The van der Waals surface area contributed by atoms with Crippen molar-refractivity contribution in [2.24, 2.45) is 0 Å². The number of carboxylic acid groups (broad SMARTS) is 2. The molecule has 0 bridgehead atoms. The number of carbonyl (C=O) groups excluding carboxylic acids is 1. The smallest absolute Gasteiger partial charge is 0.328 e. The van der Waals surface area contributed by atoms with Gasteiger partial charge in [-0.3, -0.25) is 4.79 Å². The van der Waals surface area contributed by atoms with Crippen molar-refractivity contribution in [1.82, 2.24) is 9.80 Å². The van der Waals surface area contributed by atoms with Crippen molar-refractivity contribution < 1.29 is 29.3 Å². The highest BCUT2D eigenvalue weighted by Crippen LogP contribution is 2.31. The Hall–Kier alpha value is -4.57. The summed E-state index contributed by atoms with van der Waals surface area (Å²) in [7, 11) is 2.17. The molecular weight excluding hydrogens is 548 g/mol. The number of ether oxygens (including phenoxy) is 1.